The standard InChI is InChI=1S/C22H24ClN3O2S/c1-5-27-19-12-16(11-18(23)21(19)28-14(2)3)13-24-26-22-25-20(15(4)29-22)17-9-7-6-8-10-17/h6-14H,5H2,1-4H3,(H,25,26)/b24-13-. The van der Waals surface area contributed by atoms with Gasteiger partial charge in [0.15, 0.2) is 11.5 Å². The van der Waals surface area contributed by atoms with Crippen molar-refractivity contribution in [3.63, 3.8) is 0 Å². The second-order valence-corrected chi connectivity index (χ2v) is 8.20. The van der Waals surface area contributed by atoms with Gasteiger partial charge in [-0.3, -0.25) is 5.43 Å². The number of aromatic nitrogens is 1. The lowest BCUT2D eigenvalue weighted by Gasteiger charge is -2.16. The SMILES string of the molecule is CCOc1cc(/C=N\Nc2nc(-c3ccccc3)c(C)s2)cc(Cl)c1OC(C)C. The number of hydrazone groups is 1. The molecule has 0 spiro atoms. The highest BCUT2D eigenvalue weighted by molar-refractivity contribution is 7.15. The summed E-state index contributed by atoms with van der Waals surface area (Å²) in [6.07, 6.45) is 1.69. The van der Waals surface area contributed by atoms with Crippen LogP contribution in [0.25, 0.3) is 11.3 Å². The molecule has 0 fully saturated rings. The number of hydrogen-bond acceptors (Lipinski definition) is 6. The van der Waals surface area contributed by atoms with E-state index < -0.39 is 0 Å². The van der Waals surface area contributed by atoms with Crippen LogP contribution in [0.4, 0.5) is 5.13 Å². The minimum absolute atomic E-state index is 0.000145. The molecule has 1 heterocycles. The van der Waals surface area contributed by atoms with E-state index >= 15 is 0 Å². The third kappa shape index (κ3) is 5.49. The zero-order valence-electron chi connectivity index (χ0n) is 16.9. The van der Waals surface area contributed by atoms with Crippen LogP contribution < -0.4 is 14.9 Å². The van der Waals surface area contributed by atoms with Gasteiger partial charge in [-0.2, -0.15) is 5.10 Å². The van der Waals surface area contributed by atoms with Gasteiger partial charge in [-0.05, 0) is 45.4 Å². The first-order valence-corrected chi connectivity index (χ1v) is 10.6. The summed E-state index contributed by atoms with van der Waals surface area (Å²) in [6, 6.07) is 13.8. The lowest BCUT2D eigenvalue weighted by Crippen LogP contribution is -2.08. The highest BCUT2D eigenvalue weighted by Crippen LogP contribution is 2.37. The summed E-state index contributed by atoms with van der Waals surface area (Å²) in [6.45, 7) is 8.39. The first kappa shape index (κ1) is 21.1. The second-order valence-electron chi connectivity index (χ2n) is 6.59. The van der Waals surface area contributed by atoms with Gasteiger partial charge in [0.25, 0.3) is 0 Å². The van der Waals surface area contributed by atoms with Crippen LogP contribution in [-0.4, -0.2) is 23.9 Å². The fourth-order valence-corrected chi connectivity index (χ4v) is 3.79. The first-order valence-electron chi connectivity index (χ1n) is 9.42. The summed E-state index contributed by atoms with van der Waals surface area (Å²) >= 11 is 7.97. The van der Waals surface area contributed by atoms with E-state index in [4.69, 9.17) is 21.1 Å². The third-order valence-electron chi connectivity index (χ3n) is 3.90. The number of anilines is 1. The third-order valence-corrected chi connectivity index (χ3v) is 5.06. The van der Waals surface area contributed by atoms with E-state index in [1.165, 1.54) is 0 Å². The molecule has 0 aliphatic rings. The van der Waals surface area contributed by atoms with E-state index in [-0.39, 0.29) is 6.10 Å². The Hall–Kier alpha value is -2.57. The van der Waals surface area contributed by atoms with Crippen molar-refractivity contribution in [2.45, 2.75) is 33.8 Å². The normalized spacial score (nSPS) is 11.2. The largest absolute Gasteiger partial charge is 0.490 e. The van der Waals surface area contributed by atoms with Crippen LogP contribution in [0, 0.1) is 6.92 Å². The number of halogens is 1. The molecule has 0 amide bonds. The Morgan fingerprint density at radius 2 is 2.00 bits per heavy atom. The van der Waals surface area contributed by atoms with Gasteiger partial charge in [-0.1, -0.05) is 41.9 Å². The molecule has 7 heteroatoms. The van der Waals surface area contributed by atoms with Crippen LogP contribution in [0.1, 0.15) is 31.2 Å². The Kier molecular flexibility index (Phi) is 7.12. The fourth-order valence-electron chi connectivity index (χ4n) is 2.75. The number of rotatable bonds is 8. The quantitative estimate of drug-likeness (QED) is 0.332. The first-order chi connectivity index (χ1) is 14.0. The molecule has 3 aromatic rings. The number of aryl methyl sites for hydroxylation is 1. The Morgan fingerprint density at radius 3 is 2.69 bits per heavy atom. The smallest absolute Gasteiger partial charge is 0.204 e. The second kappa shape index (κ2) is 9.76. The molecule has 152 valence electrons. The molecule has 0 aliphatic heterocycles. The fraction of sp³-hybridized carbons (Fsp3) is 0.273. The number of ether oxygens (including phenoxy) is 2. The number of thiazole rings is 1. The number of nitrogens with zero attached hydrogens (tertiary/aromatic N) is 2. The summed E-state index contributed by atoms with van der Waals surface area (Å²) in [5, 5.41) is 5.53. The lowest BCUT2D eigenvalue weighted by atomic mass is 10.1. The number of benzene rings is 2. The molecule has 29 heavy (non-hydrogen) atoms. The zero-order valence-corrected chi connectivity index (χ0v) is 18.5. The highest BCUT2D eigenvalue weighted by atomic mass is 35.5. The summed E-state index contributed by atoms with van der Waals surface area (Å²) in [7, 11) is 0. The highest BCUT2D eigenvalue weighted by Gasteiger charge is 2.14. The van der Waals surface area contributed by atoms with E-state index in [1.807, 2.05) is 57.2 Å². The molecule has 1 aromatic heterocycles. The van der Waals surface area contributed by atoms with Crippen LogP contribution >= 0.6 is 22.9 Å². The minimum Gasteiger partial charge on any atom is -0.490 e. The Labute approximate surface area is 180 Å². The molecule has 0 saturated carbocycles. The topological polar surface area (TPSA) is 55.7 Å². The van der Waals surface area contributed by atoms with Crippen molar-refractivity contribution >= 4 is 34.3 Å². The Balaban J connectivity index is 1.77. The maximum atomic E-state index is 6.40. The summed E-state index contributed by atoms with van der Waals surface area (Å²) in [5.74, 6) is 1.16. The molecular formula is C22H24ClN3O2S. The average molecular weight is 430 g/mol. The molecule has 0 atom stereocenters. The molecule has 0 radical (unpaired) electrons. The van der Waals surface area contributed by atoms with Gasteiger partial charge in [0, 0.05) is 10.4 Å². The molecule has 5 nitrogen and oxygen atoms in total. The van der Waals surface area contributed by atoms with Gasteiger partial charge >= 0.3 is 0 Å². The van der Waals surface area contributed by atoms with Gasteiger partial charge in [0.2, 0.25) is 5.13 Å². The molecule has 2 aromatic carbocycles. The lowest BCUT2D eigenvalue weighted by molar-refractivity contribution is 0.224. The van der Waals surface area contributed by atoms with Crippen molar-refractivity contribution in [2.24, 2.45) is 5.10 Å². The van der Waals surface area contributed by atoms with Crippen molar-refractivity contribution < 1.29 is 9.47 Å². The van der Waals surface area contributed by atoms with Crippen LogP contribution in [0.2, 0.25) is 5.02 Å². The van der Waals surface area contributed by atoms with E-state index in [1.54, 1.807) is 23.6 Å². The van der Waals surface area contributed by atoms with E-state index in [0.29, 0.717) is 23.1 Å². The molecule has 0 bridgehead atoms. The number of nitrogens with one attached hydrogen (secondary N) is 1. The van der Waals surface area contributed by atoms with Crippen molar-refractivity contribution in [2.75, 3.05) is 12.0 Å². The summed E-state index contributed by atoms with van der Waals surface area (Å²) < 4.78 is 11.5. The van der Waals surface area contributed by atoms with Crippen LogP contribution in [-0.2, 0) is 0 Å². The van der Waals surface area contributed by atoms with Gasteiger partial charge in [-0.15, -0.1) is 11.3 Å². The molecule has 1 N–H and O–H groups in total. The Morgan fingerprint density at radius 1 is 1.24 bits per heavy atom. The van der Waals surface area contributed by atoms with Crippen LogP contribution in [0.15, 0.2) is 47.6 Å². The van der Waals surface area contributed by atoms with Gasteiger partial charge in [-0.25, -0.2) is 4.98 Å². The molecule has 3 rings (SSSR count). The molecule has 0 unspecified atom stereocenters. The monoisotopic (exact) mass is 429 g/mol. The van der Waals surface area contributed by atoms with Gasteiger partial charge in [0.05, 0.1) is 29.6 Å². The van der Waals surface area contributed by atoms with E-state index in [2.05, 4.69) is 22.4 Å². The maximum absolute atomic E-state index is 6.40. The van der Waals surface area contributed by atoms with Gasteiger partial charge in [0.1, 0.15) is 0 Å². The van der Waals surface area contributed by atoms with Crippen molar-refractivity contribution in [3.8, 4) is 22.8 Å². The molecule has 0 aliphatic carbocycles. The Bertz CT molecular complexity index is 987. The maximum Gasteiger partial charge on any atom is 0.204 e. The van der Waals surface area contributed by atoms with Crippen LogP contribution in [0.5, 0.6) is 11.5 Å². The summed E-state index contributed by atoms with van der Waals surface area (Å²) in [5.41, 5.74) is 5.86. The molecule has 0 saturated heterocycles. The van der Waals surface area contributed by atoms with E-state index in [9.17, 15) is 0 Å². The predicted molar refractivity (Wildman–Crippen MR) is 122 cm³/mol. The number of hydrogen-bond donors (Lipinski definition) is 1. The molecular weight excluding hydrogens is 406 g/mol. The minimum atomic E-state index is -0.000145. The van der Waals surface area contributed by atoms with Gasteiger partial charge < -0.3 is 9.47 Å². The zero-order chi connectivity index (χ0) is 20.8. The predicted octanol–water partition coefficient (Wildman–Crippen LogP) is 6.40. The van der Waals surface area contributed by atoms with Crippen LogP contribution in [0.3, 0.4) is 0 Å². The van der Waals surface area contributed by atoms with E-state index in [0.717, 1.165) is 26.8 Å². The summed E-state index contributed by atoms with van der Waals surface area (Å²) in [4.78, 5) is 5.78. The average Bonchev–Trinajstić information content (AvgIpc) is 3.06. The van der Waals surface area contributed by atoms with Crippen molar-refractivity contribution in [1.29, 1.82) is 0 Å². The van der Waals surface area contributed by atoms with Crippen molar-refractivity contribution in [1.82, 2.24) is 4.98 Å². The van der Waals surface area contributed by atoms with Crippen molar-refractivity contribution in [3.05, 3.63) is 57.9 Å².